The Morgan fingerprint density at radius 1 is 1.56 bits per heavy atom. The molecule has 1 aromatic heterocycles. The minimum Gasteiger partial charge on any atom is -0.368 e. The third-order valence-electron chi connectivity index (χ3n) is 2.94. The normalized spacial score (nSPS) is 20.8. The number of rotatable bonds is 1. The Bertz CT molecular complexity index is 393. The molecule has 86 valence electrons. The molecule has 1 aliphatic rings. The smallest absolute Gasteiger partial charge is 0.220 e. The third-order valence-corrected chi connectivity index (χ3v) is 2.94. The standard InChI is InChI=1S/C11H16N4O/c1-8(16)15-7-3-2-4-10(15)9-5-6-13-11(12)14-9/h5-6,10H,2-4,7H2,1H3,(H2,12,13,14). The van der Waals surface area contributed by atoms with E-state index >= 15 is 0 Å². The molecule has 1 atom stereocenters. The number of likely N-dealkylation sites (tertiary alicyclic amines) is 1. The van der Waals surface area contributed by atoms with E-state index in [1.54, 1.807) is 13.1 Å². The molecule has 0 saturated carbocycles. The molecule has 1 unspecified atom stereocenters. The van der Waals surface area contributed by atoms with Crippen LogP contribution >= 0.6 is 0 Å². The number of piperidine rings is 1. The van der Waals surface area contributed by atoms with Crippen LogP contribution in [-0.2, 0) is 4.79 Å². The van der Waals surface area contributed by atoms with Gasteiger partial charge in [0.2, 0.25) is 11.9 Å². The van der Waals surface area contributed by atoms with Crippen LogP contribution in [0.2, 0.25) is 0 Å². The van der Waals surface area contributed by atoms with Crippen molar-refractivity contribution in [3.63, 3.8) is 0 Å². The molecule has 1 fully saturated rings. The summed E-state index contributed by atoms with van der Waals surface area (Å²) >= 11 is 0. The predicted molar refractivity (Wildman–Crippen MR) is 60.4 cm³/mol. The van der Waals surface area contributed by atoms with E-state index in [0.29, 0.717) is 0 Å². The second kappa shape index (κ2) is 4.47. The molecule has 0 bridgehead atoms. The Balaban J connectivity index is 2.26. The van der Waals surface area contributed by atoms with Crippen molar-refractivity contribution in [1.82, 2.24) is 14.9 Å². The van der Waals surface area contributed by atoms with Crippen molar-refractivity contribution in [2.45, 2.75) is 32.2 Å². The first-order valence-corrected chi connectivity index (χ1v) is 5.54. The van der Waals surface area contributed by atoms with Crippen LogP contribution in [0.15, 0.2) is 12.3 Å². The van der Waals surface area contributed by atoms with Crippen LogP contribution in [0.3, 0.4) is 0 Å². The summed E-state index contributed by atoms with van der Waals surface area (Å²) in [5.41, 5.74) is 6.41. The molecule has 2 N–H and O–H groups in total. The predicted octanol–water partition coefficient (Wildman–Crippen LogP) is 1.13. The van der Waals surface area contributed by atoms with Crippen molar-refractivity contribution in [2.75, 3.05) is 12.3 Å². The van der Waals surface area contributed by atoms with Crippen molar-refractivity contribution in [3.05, 3.63) is 18.0 Å². The molecule has 0 aromatic carbocycles. The highest BCUT2D eigenvalue weighted by molar-refractivity contribution is 5.73. The summed E-state index contributed by atoms with van der Waals surface area (Å²) in [6.45, 7) is 2.41. The van der Waals surface area contributed by atoms with Crippen molar-refractivity contribution >= 4 is 11.9 Å². The van der Waals surface area contributed by atoms with Crippen LogP contribution in [0.4, 0.5) is 5.95 Å². The molecule has 0 aliphatic carbocycles. The van der Waals surface area contributed by atoms with Gasteiger partial charge in [-0.25, -0.2) is 9.97 Å². The van der Waals surface area contributed by atoms with Crippen LogP contribution in [0, 0.1) is 0 Å². The average molecular weight is 220 g/mol. The van der Waals surface area contributed by atoms with Crippen molar-refractivity contribution in [2.24, 2.45) is 0 Å². The Hall–Kier alpha value is -1.65. The SMILES string of the molecule is CC(=O)N1CCCCC1c1ccnc(N)n1. The van der Waals surface area contributed by atoms with E-state index in [-0.39, 0.29) is 17.9 Å². The highest BCUT2D eigenvalue weighted by Gasteiger charge is 2.26. The zero-order chi connectivity index (χ0) is 11.5. The third kappa shape index (κ3) is 2.13. The summed E-state index contributed by atoms with van der Waals surface area (Å²) in [6, 6.07) is 1.90. The number of nitrogens with zero attached hydrogens (tertiary/aromatic N) is 3. The topological polar surface area (TPSA) is 72.1 Å². The number of carbonyl (C=O) groups is 1. The number of nitrogen functional groups attached to an aromatic ring is 1. The maximum absolute atomic E-state index is 11.5. The van der Waals surface area contributed by atoms with Crippen LogP contribution in [0.1, 0.15) is 37.9 Å². The molecule has 2 heterocycles. The Morgan fingerprint density at radius 3 is 3.06 bits per heavy atom. The van der Waals surface area contributed by atoms with E-state index in [2.05, 4.69) is 9.97 Å². The molecule has 5 heteroatoms. The molecule has 2 rings (SSSR count). The largest absolute Gasteiger partial charge is 0.368 e. The van der Waals surface area contributed by atoms with Gasteiger partial charge in [-0.2, -0.15) is 0 Å². The fraction of sp³-hybridized carbons (Fsp3) is 0.545. The zero-order valence-electron chi connectivity index (χ0n) is 9.39. The Kier molecular flexibility index (Phi) is 3.03. The summed E-state index contributed by atoms with van der Waals surface area (Å²) in [7, 11) is 0. The average Bonchev–Trinajstić information content (AvgIpc) is 2.29. The lowest BCUT2D eigenvalue weighted by molar-refractivity contribution is -0.132. The summed E-state index contributed by atoms with van der Waals surface area (Å²) in [5, 5.41) is 0. The zero-order valence-corrected chi connectivity index (χ0v) is 9.39. The Labute approximate surface area is 94.7 Å². The van der Waals surface area contributed by atoms with Crippen LogP contribution < -0.4 is 5.73 Å². The molecule has 1 amide bonds. The minimum atomic E-state index is 0.0662. The first kappa shape index (κ1) is 10.9. The lowest BCUT2D eigenvalue weighted by atomic mass is 9.99. The van der Waals surface area contributed by atoms with Crippen molar-refractivity contribution in [3.8, 4) is 0 Å². The summed E-state index contributed by atoms with van der Waals surface area (Å²) in [4.78, 5) is 21.5. The first-order valence-electron chi connectivity index (χ1n) is 5.54. The molecule has 5 nitrogen and oxygen atoms in total. The van der Waals surface area contributed by atoms with Gasteiger partial charge in [0.15, 0.2) is 0 Å². The van der Waals surface area contributed by atoms with Gasteiger partial charge < -0.3 is 10.6 Å². The highest BCUT2D eigenvalue weighted by Crippen LogP contribution is 2.29. The maximum atomic E-state index is 11.5. The van der Waals surface area contributed by atoms with Gasteiger partial charge in [-0.05, 0) is 25.3 Å². The number of hydrogen-bond donors (Lipinski definition) is 1. The van der Waals surface area contributed by atoms with Gasteiger partial charge in [0, 0.05) is 19.7 Å². The molecule has 0 spiro atoms. The monoisotopic (exact) mass is 220 g/mol. The van der Waals surface area contributed by atoms with Gasteiger partial charge in [0.05, 0.1) is 11.7 Å². The second-order valence-corrected chi connectivity index (χ2v) is 4.06. The number of carbonyl (C=O) groups excluding carboxylic acids is 1. The van der Waals surface area contributed by atoms with Gasteiger partial charge in [-0.3, -0.25) is 4.79 Å². The lowest BCUT2D eigenvalue weighted by Gasteiger charge is -2.34. The fourth-order valence-electron chi connectivity index (χ4n) is 2.19. The lowest BCUT2D eigenvalue weighted by Crippen LogP contribution is -2.37. The van der Waals surface area contributed by atoms with Gasteiger partial charge in [0.1, 0.15) is 0 Å². The number of anilines is 1. The van der Waals surface area contributed by atoms with E-state index in [1.807, 2.05) is 11.0 Å². The summed E-state index contributed by atoms with van der Waals surface area (Å²) in [5.74, 6) is 0.369. The molecular weight excluding hydrogens is 204 g/mol. The van der Waals surface area contributed by atoms with Gasteiger partial charge in [-0.1, -0.05) is 0 Å². The Morgan fingerprint density at radius 2 is 2.38 bits per heavy atom. The van der Waals surface area contributed by atoms with E-state index < -0.39 is 0 Å². The number of hydrogen-bond acceptors (Lipinski definition) is 4. The van der Waals surface area contributed by atoms with E-state index in [9.17, 15) is 4.79 Å². The van der Waals surface area contributed by atoms with Crippen molar-refractivity contribution in [1.29, 1.82) is 0 Å². The van der Waals surface area contributed by atoms with Gasteiger partial charge >= 0.3 is 0 Å². The minimum absolute atomic E-state index is 0.0662. The van der Waals surface area contributed by atoms with Crippen LogP contribution in [-0.4, -0.2) is 27.3 Å². The van der Waals surface area contributed by atoms with E-state index in [1.165, 1.54) is 0 Å². The van der Waals surface area contributed by atoms with Crippen LogP contribution in [0.5, 0.6) is 0 Å². The highest BCUT2D eigenvalue weighted by atomic mass is 16.2. The molecule has 1 aliphatic heterocycles. The molecular formula is C11H16N4O. The van der Waals surface area contributed by atoms with E-state index in [0.717, 1.165) is 31.5 Å². The van der Waals surface area contributed by atoms with E-state index in [4.69, 9.17) is 5.73 Å². The molecule has 0 radical (unpaired) electrons. The molecule has 1 saturated heterocycles. The second-order valence-electron chi connectivity index (χ2n) is 4.06. The van der Waals surface area contributed by atoms with Crippen molar-refractivity contribution < 1.29 is 4.79 Å². The number of amides is 1. The van der Waals surface area contributed by atoms with Gasteiger partial charge in [-0.15, -0.1) is 0 Å². The summed E-state index contributed by atoms with van der Waals surface area (Å²) in [6.07, 6.45) is 4.79. The summed E-state index contributed by atoms with van der Waals surface area (Å²) < 4.78 is 0. The van der Waals surface area contributed by atoms with Crippen LogP contribution in [0.25, 0.3) is 0 Å². The quantitative estimate of drug-likeness (QED) is 0.770. The molecule has 1 aromatic rings. The first-order chi connectivity index (χ1) is 7.68. The van der Waals surface area contributed by atoms with Gasteiger partial charge in [0.25, 0.3) is 0 Å². The molecule has 16 heavy (non-hydrogen) atoms. The number of nitrogens with two attached hydrogens (primary N) is 1. The fourth-order valence-corrected chi connectivity index (χ4v) is 2.19. The maximum Gasteiger partial charge on any atom is 0.220 e. The number of aromatic nitrogens is 2.